The Labute approximate surface area is 114 Å². The predicted octanol–water partition coefficient (Wildman–Crippen LogP) is 1.68. The predicted molar refractivity (Wildman–Crippen MR) is 77.0 cm³/mol. The monoisotopic (exact) mass is 258 g/mol. The normalized spacial score (nSPS) is 18.2. The highest BCUT2D eigenvalue weighted by atomic mass is 15.1. The van der Waals surface area contributed by atoms with Gasteiger partial charge in [-0.15, -0.1) is 0 Å². The van der Waals surface area contributed by atoms with Crippen molar-refractivity contribution in [2.75, 3.05) is 20.1 Å². The van der Waals surface area contributed by atoms with Crippen molar-refractivity contribution in [3.63, 3.8) is 0 Å². The summed E-state index contributed by atoms with van der Waals surface area (Å²) in [5.41, 5.74) is 8.11. The zero-order valence-electron chi connectivity index (χ0n) is 11.5. The summed E-state index contributed by atoms with van der Waals surface area (Å²) in [5.74, 6) is 1.95. The molecule has 0 bridgehead atoms. The van der Waals surface area contributed by atoms with Crippen LogP contribution in [-0.2, 0) is 13.0 Å². The number of pyridine rings is 1. The van der Waals surface area contributed by atoms with Gasteiger partial charge in [-0.05, 0) is 50.5 Å². The number of rotatable bonds is 3. The van der Waals surface area contributed by atoms with Gasteiger partial charge in [0.1, 0.15) is 5.82 Å². The average Bonchev–Trinajstić information content (AvgIpc) is 2.84. The Bertz CT molecular complexity index is 552. The minimum Gasteiger partial charge on any atom is -0.326 e. The number of aromatic nitrogens is 2. The largest absolute Gasteiger partial charge is 0.326 e. The standard InChI is InChI=1S/C15H22N4/c1-18-7-4-12(5-8-18)9-15-17-11-14-13(10-16)3-2-6-19(14)15/h2-3,6,11-12H,4-5,7-10,16H2,1H3. The van der Waals surface area contributed by atoms with Gasteiger partial charge in [0.15, 0.2) is 0 Å². The molecule has 3 rings (SSSR count). The van der Waals surface area contributed by atoms with Crippen LogP contribution in [-0.4, -0.2) is 34.4 Å². The molecule has 0 atom stereocenters. The van der Waals surface area contributed by atoms with Crippen molar-refractivity contribution in [1.82, 2.24) is 14.3 Å². The summed E-state index contributed by atoms with van der Waals surface area (Å²) in [7, 11) is 2.20. The summed E-state index contributed by atoms with van der Waals surface area (Å²) < 4.78 is 2.21. The second-order valence-electron chi connectivity index (χ2n) is 5.62. The quantitative estimate of drug-likeness (QED) is 0.911. The fourth-order valence-corrected chi connectivity index (χ4v) is 2.98. The fraction of sp³-hybridized carbons (Fsp3) is 0.533. The fourth-order valence-electron chi connectivity index (χ4n) is 2.98. The lowest BCUT2D eigenvalue weighted by atomic mass is 9.93. The first-order valence-corrected chi connectivity index (χ1v) is 7.10. The van der Waals surface area contributed by atoms with Crippen molar-refractivity contribution in [3.05, 3.63) is 35.9 Å². The summed E-state index contributed by atoms with van der Waals surface area (Å²) in [6.07, 6.45) is 7.71. The first-order chi connectivity index (χ1) is 9.28. The van der Waals surface area contributed by atoms with E-state index in [4.69, 9.17) is 5.73 Å². The molecule has 1 aliphatic heterocycles. The number of hydrogen-bond donors (Lipinski definition) is 1. The van der Waals surface area contributed by atoms with Crippen LogP contribution in [0.3, 0.4) is 0 Å². The zero-order valence-corrected chi connectivity index (χ0v) is 11.5. The Hall–Kier alpha value is -1.39. The van der Waals surface area contributed by atoms with Crippen LogP contribution in [0.15, 0.2) is 24.5 Å². The molecule has 1 saturated heterocycles. The van der Waals surface area contributed by atoms with E-state index in [0.29, 0.717) is 6.54 Å². The Morgan fingerprint density at radius 3 is 2.89 bits per heavy atom. The van der Waals surface area contributed by atoms with E-state index in [-0.39, 0.29) is 0 Å². The molecule has 0 aromatic carbocycles. The maximum absolute atomic E-state index is 5.78. The van der Waals surface area contributed by atoms with Crippen LogP contribution >= 0.6 is 0 Å². The topological polar surface area (TPSA) is 46.6 Å². The number of piperidine rings is 1. The lowest BCUT2D eigenvalue weighted by molar-refractivity contribution is 0.217. The highest BCUT2D eigenvalue weighted by Gasteiger charge is 2.19. The van der Waals surface area contributed by atoms with E-state index < -0.39 is 0 Å². The second-order valence-corrected chi connectivity index (χ2v) is 5.62. The molecule has 2 aromatic heterocycles. The van der Waals surface area contributed by atoms with Gasteiger partial charge in [-0.2, -0.15) is 0 Å². The van der Waals surface area contributed by atoms with E-state index in [9.17, 15) is 0 Å². The van der Waals surface area contributed by atoms with Crippen LogP contribution in [0.2, 0.25) is 0 Å². The number of nitrogens with two attached hydrogens (primary N) is 1. The Kier molecular flexibility index (Phi) is 3.53. The number of nitrogens with zero attached hydrogens (tertiary/aromatic N) is 3. The van der Waals surface area contributed by atoms with Crippen molar-refractivity contribution >= 4 is 5.52 Å². The molecule has 0 unspecified atom stereocenters. The van der Waals surface area contributed by atoms with Gasteiger partial charge in [0, 0.05) is 19.2 Å². The van der Waals surface area contributed by atoms with Crippen molar-refractivity contribution in [1.29, 1.82) is 0 Å². The number of imidazole rings is 1. The lowest BCUT2D eigenvalue weighted by Crippen LogP contribution is -2.31. The molecule has 1 aliphatic rings. The van der Waals surface area contributed by atoms with Gasteiger partial charge < -0.3 is 15.0 Å². The van der Waals surface area contributed by atoms with E-state index in [2.05, 4.69) is 39.7 Å². The minimum absolute atomic E-state index is 0.573. The molecular weight excluding hydrogens is 236 g/mol. The molecule has 0 amide bonds. The van der Waals surface area contributed by atoms with Crippen molar-refractivity contribution in [2.24, 2.45) is 11.7 Å². The van der Waals surface area contributed by atoms with Gasteiger partial charge in [0.05, 0.1) is 11.7 Å². The van der Waals surface area contributed by atoms with Crippen LogP contribution in [0.1, 0.15) is 24.2 Å². The first kappa shape index (κ1) is 12.6. The molecular formula is C15H22N4. The highest BCUT2D eigenvalue weighted by molar-refractivity contribution is 5.54. The summed E-state index contributed by atoms with van der Waals surface area (Å²) in [6, 6.07) is 4.14. The van der Waals surface area contributed by atoms with E-state index >= 15 is 0 Å². The van der Waals surface area contributed by atoms with Crippen LogP contribution in [0.4, 0.5) is 0 Å². The molecule has 102 valence electrons. The smallest absolute Gasteiger partial charge is 0.113 e. The van der Waals surface area contributed by atoms with Gasteiger partial charge in [-0.1, -0.05) is 6.07 Å². The molecule has 0 spiro atoms. The van der Waals surface area contributed by atoms with Gasteiger partial charge in [-0.25, -0.2) is 4.98 Å². The minimum atomic E-state index is 0.573. The third-order valence-corrected chi connectivity index (χ3v) is 4.26. The van der Waals surface area contributed by atoms with Crippen LogP contribution in [0.25, 0.3) is 5.52 Å². The molecule has 0 radical (unpaired) electrons. The Morgan fingerprint density at radius 1 is 1.37 bits per heavy atom. The summed E-state index contributed by atoms with van der Waals surface area (Å²) in [5, 5.41) is 0. The number of fused-ring (bicyclic) bond motifs is 1. The summed E-state index contributed by atoms with van der Waals surface area (Å²) >= 11 is 0. The second kappa shape index (κ2) is 5.31. The first-order valence-electron chi connectivity index (χ1n) is 7.10. The molecule has 4 heteroatoms. The molecule has 2 aromatic rings. The molecule has 19 heavy (non-hydrogen) atoms. The van der Waals surface area contributed by atoms with E-state index in [1.807, 2.05) is 6.20 Å². The third-order valence-electron chi connectivity index (χ3n) is 4.26. The van der Waals surface area contributed by atoms with Gasteiger partial charge in [0.25, 0.3) is 0 Å². The maximum Gasteiger partial charge on any atom is 0.113 e. The van der Waals surface area contributed by atoms with Gasteiger partial charge >= 0.3 is 0 Å². The number of likely N-dealkylation sites (tertiary alicyclic amines) is 1. The molecule has 4 nitrogen and oxygen atoms in total. The van der Waals surface area contributed by atoms with Gasteiger partial charge in [-0.3, -0.25) is 0 Å². The molecule has 1 fully saturated rings. The molecule has 0 saturated carbocycles. The third kappa shape index (κ3) is 2.51. The highest BCUT2D eigenvalue weighted by Crippen LogP contribution is 2.21. The summed E-state index contributed by atoms with van der Waals surface area (Å²) in [6.45, 7) is 2.99. The van der Waals surface area contributed by atoms with Crippen molar-refractivity contribution in [2.45, 2.75) is 25.8 Å². The van der Waals surface area contributed by atoms with E-state index in [1.165, 1.54) is 37.3 Å². The molecule has 0 aliphatic carbocycles. The lowest BCUT2D eigenvalue weighted by Gasteiger charge is -2.28. The van der Waals surface area contributed by atoms with Crippen LogP contribution < -0.4 is 5.73 Å². The van der Waals surface area contributed by atoms with E-state index in [0.717, 1.165) is 17.9 Å². The number of hydrogen-bond acceptors (Lipinski definition) is 3. The van der Waals surface area contributed by atoms with E-state index in [1.54, 1.807) is 0 Å². The molecule has 3 heterocycles. The van der Waals surface area contributed by atoms with Crippen LogP contribution in [0.5, 0.6) is 0 Å². The SMILES string of the molecule is CN1CCC(Cc2ncc3c(CN)cccn23)CC1. The van der Waals surface area contributed by atoms with Crippen LogP contribution in [0, 0.1) is 5.92 Å². The Balaban J connectivity index is 1.82. The van der Waals surface area contributed by atoms with Crippen molar-refractivity contribution in [3.8, 4) is 0 Å². The Morgan fingerprint density at radius 2 is 2.16 bits per heavy atom. The average molecular weight is 258 g/mol. The molecule has 2 N–H and O–H groups in total. The van der Waals surface area contributed by atoms with Crippen molar-refractivity contribution < 1.29 is 0 Å². The maximum atomic E-state index is 5.78. The zero-order chi connectivity index (χ0) is 13.2. The summed E-state index contributed by atoms with van der Waals surface area (Å²) in [4.78, 5) is 7.02. The van der Waals surface area contributed by atoms with Gasteiger partial charge in [0.2, 0.25) is 0 Å².